The highest BCUT2D eigenvalue weighted by Crippen LogP contribution is 2.03. The van der Waals surface area contributed by atoms with Crippen LogP contribution in [0.15, 0.2) is 0 Å². The molecule has 0 fully saturated rings. The van der Waals surface area contributed by atoms with Crippen LogP contribution in [0.5, 0.6) is 0 Å². The van der Waals surface area contributed by atoms with Crippen molar-refractivity contribution >= 4 is 22.7 Å². The Morgan fingerprint density at radius 2 is 1.89 bits per heavy atom. The van der Waals surface area contributed by atoms with Gasteiger partial charge in [0.1, 0.15) is 0 Å². The normalized spacial score (nSPS) is 16.1. The van der Waals surface area contributed by atoms with Gasteiger partial charge >= 0.3 is 0 Å². The maximum absolute atomic E-state index is 10.6. The molecule has 0 aliphatic carbocycles. The average Bonchev–Trinajstić information content (AvgIpc) is 1.62. The van der Waals surface area contributed by atoms with Gasteiger partial charge in [-0.2, -0.15) is 16.9 Å². The van der Waals surface area contributed by atoms with Crippen molar-refractivity contribution in [3.8, 4) is 0 Å². The van der Waals surface area contributed by atoms with E-state index in [1.165, 1.54) is 11.4 Å². The summed E-state index contributed by atoms with van der Waals surface area (Å²) in [5.41, 5.74) is 0. The van der Waals surface area contributed by atoms with Crippen LogP contribution in [0.2, 0.25) is 0 Å². The lowest BCUT2D eigenvalue weighted by molar-refractivity contribution is 0.473. The van der Waals surface area contributed by atoms with Gasteiger partial charge in [0.25, 0.3) is 0 Å². The molecular formula is C4H11NO2S2. The van der Waals surface area contributed by atoms with Gasteiger partial charge in [0.2, 0.25) is 10.0 Å². The average molecular weight is 169 g/mol. The van der Waals surface area contributed by atoms with Crippen LogP contribution in [-0.4, -0.2) is 31.4 Å². The lowest BCUT2D eigenvalue weighted by Crippen LogP contribution is -2.30. The van der Waals surface area contributed by atoms with Gasteiger partial charge in [-0.3, -0.25) is 0 Å². The zero-order valence-electron chi connectivity index (χ0n) is 5.70. The first kappa shape index (κ1) is 9.26. The Balaban J connectivity index is 4.24. The molecule has 56 valence electrons. The molecule has 0 aliphatic rings. The molecule has 1 unspecified atom stereocenters. The van der Waals surface area contributed by atoms with Crippen molar-refractivity contribution in [1.82, 2.24) is 4.31 Å². The summed E-state index contributed by atoms with van der Waals surface area (Å²) >= 11 is 3.93. The summed E-state index contributed by atoms with van der Waals surface area (Å²) in [6, 6.07) is 0. The van der Waals surface area contributed by atoms with E-state index in [1.807, 2.05) is 0 Å². The minimum Gasteiger partial charge on any atom is -0.212 e. The summed E-state index contributed by atoms with van der Waals surface area (Å²) in [4.78, 5) is 0. The molecule has 0 saturated carbocycles. The van der Waals surface area contributed by atoms with Crippen molar-refractivity contribution < 1.29 is 8.42 Å². The van der Waals surface area contributed by atoms with E-state index in [9.17, 15) is 8.42 Å². The summed E-state index contributed by atoms with van der Waals surface area (Å²) in [6.45, 7) is 1.70. The number of nitrogens with zero attached hydrogens (tertiary/aromatic N) is 1. The van der Waals surface area contributed by atoms with E-state index in [4.69, 9.17) is 0 Å². The Labute approximate surface area is 61.5 Å². The predicted molar refractivity (Wildman–Crippen MR) is 41.1 cm³/mol. The number of hydrogen-bond donors (Lipinski definition) is 1. The molecule has 0 radical (unpaired) electrons. The van der Waals surface area contributed by atoms with Gasteiger partial charge in [-0.1, -0.05) is 0 Å². The van der Waals surface area contributed by atoms with Crippen LogP contribution in [0.4, 0.5) is 0 Å². The zero-order chi connectivity index (χ0) is 7.65. The molecule has 3 nitrogen and oxygen atoms in total. The van der Waals surface area contributed by atoms with Gasteiger partial charge in [0, 0.05) is 7.05 Å². The third-order valence-corrected chi connectivity index (χ3v) is 2.91. The van der Waals surface area contributed by atoms with E-state index in [-0.39, 0.29) is 5.37 Å². The predicted octanol–water partition coefficient (Wildman–Crippen LogP) is 0.154. The van der Waals surface area contributed by atoms with Crippen LogP contribution >= 0.6 is 12.6 Å². The van der Waals surface area contributed by atoms with Crippen molar-refractivity contribution in [3.05, 3.63) is 0 Å². The second kappa shape index (κ2) is 2.90. The molecule has 0 aliphatic heterocycles. The second-order valence-corrected chi connectivity index (χ2v) is 4.70. The van der Waals surface area contributed by atoms with E-state index in [0.29, 0.717) is 0 Å². The van der Waals surface area contributed by atoms with E-state index in [0.717, 1.165) is 6.26 Å². The van der Waals surface area contributed by atoms with Gasteiger partial charge in [-0.05, 0) is 6.92 Å². The van der Waals surface area contributed by atoms with Crippen molar-refractivity contribution in [2.45, 2.75) is 12.3 Å². The largest absolute Gasteiger partial charge is 0.212 e. The topological polar surface area (TPSA) is 37.4 Å². The molecule has 0 bridgehead atoms. The maximum atomic E-state index is 10.6. The fourth-order valence-electron chi connectivity index (χ4n) is 0.277. The smallest absolute Gasteiger partial charge is 0.211 e. The van der Waals surface area contributed by atoms with Gasteiger partial charge < -0.3 is 0 Å². The molecular weight excluding hydrogens is 158 g/mol. The summed E-state index contributed by atoms with van der Waals surface area (Å²) in [6.07, 6.45) is 1.15. The van der Waals surface area contributed by atoms with Gasteiger partial charge in [0.05, 0.1) is 11.6 Å². The Morgan fingerprint density at radius 3 is 1.89 bits per heavy atom. The molecule has 1 atom stereocenters. The number of rotatable bonds is 2. The lowest BCUT2D eigenvalue weighted by atomic mass is 10.8. The fourth-order valence-corrected chi connectivity index (χ4v) is 1.35. The molecule has 9 heavy (non-hydrogen) atoms. The highest BCUT2D eigenvalue weighted by atomic mass is 32.2. The summed E-state index contributed by atoms with van der Waals surface area (Å²) < 4.78 is 22.5. The molecule has 0 heterocycles. The quantitative estimate of drug-likeness (QED) is 0.472. The Hall–Kier alpha value is 0.260. The minimum absolute atomic E-state index is 0.250. The van der Waals surface area contributed by atoms with Crippen molar-refractivity contribution in [3.63, 3.8) is 0 Å². The van der Waals surface area contributed by atoms with E-state index < -0.39 is 10.0 Å². The van der Waals surface area contributed by atoms with Gasteiger partial charge in [-0.15, -0.1) is 0 Å². The summed E-state index contributed by atoms with van der Waals surface area (Å²) in [5, 5.41) is -0.250. The Bertz CT molecular complexity index is 173. The number of thiol groups is 1. The van der Waals surface area contributed by atoms with Crippen LogP contribution < -0.4 is 0 Å². The molecule has 0 aromatic heterocycles. The first-order valence-electron chi connectivity index (χ1n) is 2.47. The number of sulfonamides is 1. The molecule has 0 N–H and O–H groups in total. The van der Waals surface area contributed by atoms with Gasteiger partial charge in [0.15, 0.2) is 0 Å². The highest BCUT2D eigenvalue weighted by Gasteiger charge is 2.13. The van der Waals surface area contributed by atoms with Crippen molar-refractivity contribution in [1.29, 1.82) is 0 Å². The highest BCUT2D eigenvalue weighted by molar-refractivity contribution is 7.89. The van der Waals surface area contributed by atoms with E-state index in [2.05, 4.69) is 12.6 Å². The Morgan fingerprint density at radius 1 is 1.56 bits per heavy atom. The molecule has 0 rings (SSSR count). The molecule has 0 spiro atoms. The second-order valence-electron chi connectivity index (χ2n) is 1.91. The SMILES string of the molecule is CC(S)N(C)S(C)(=O)=O. The molecule has 0 amide bonds. The molecule has 0 aromatic carbocycles. The van der Waals surface area contributed by atoms with Crippen LogP contribution in [-0.2, 0) is 10.0 Å². The third-order valence-electron chi connectivity index (χ3n) is 1.05. The number of hydrogen-bond acceptors (Lipinski definition) is 3. The van der Waals surface area contributed by atoms with Crippen molar-refractivity contribution in [2.75, 3.05) is 13.3 Å². The van der Waals surface area contributed by atoms with Crippen LogP contribution in [0.25, 0.3) is 0 Å². The first-order chi connectivity index (χ1) is 3.85. The summed E-state index contributed by atoms with van der Waals surface area (Å²) in [5.74, 6) is 0. The molecule has 0 aromatic rings. The monoisotopic (exact) mass is 169 g/mol. The lowest BCUT2D eigenvalue weighted by Gasteiger charge is -2.16. The fraction of sp³-hybridized carbons (Fsp3) is 1.00. The zero-order valence-corrected chi connectivity index (χ0v) is 7.41. The van der Waals surface area contributed by atoms with Crippen LogP contribution in [0, 0.1) is 0 Å². The van der Waals surface area contributed by atoms with E-state index >= 15 is 0 Å². The standard InChI is InChI=1S/C4H11NO2S2/c1-4(8)5(2)9(3,6)7/h4,8H,1-3H3. The first-order valence-corrected chi connectivity index (χ1v) is 4.83. The minimum atomic E-state index is -3.05. The van der Waals surface area contributed by atoms with Gasteiger partial charge in [-0.25, -0.2) is 8.42 Å². The molecule has 0 saturated heterocycles. The third kappa shape index (κ3) is 3.07. The van der Waals surface area contributed by atoms with Crippen molar-refractivity contribution in [2.24, 2.45) is 0 Å². The van der Waals surface area contributed by atoms with Crippen LogP contribution in [0.3, 0.4) is 0 Å². The van der Waals surface area contributed by atoms with Crippen LogP contribution in [0.1, 0.15) is 6.92 Å². The van der Waals surface area contributed by atoms with E-state index in [1.54, 1.807) is 6.92 Å². The molecule has 5 heteroatoms. The maximum Gasteiger partial charge on any atom is 0.211 e. The Kier molecular flexibility index (Phi) is 2.98. The summed E-state index contributed by atoms with van der Waals surface area (Å²) in [7, 11) is -1.55.